The highest BCUT2D eigenvalue weighted by Gasteiger charge is 1.99. The van der Waals surface area contributed by atoms with Gasteiger partial charge in [-0.1, -0.05) is 0 Å². The van der Waals surface area contributed by atoms with Crippen LogP contribution in [-0.4, -0.2) is 15.0 Å². The quantitative estimate of drug-likeness (QED) is 0.882. The van der Waals surface area contributed by atoms with Crippen molar-refractivity contribution in [3.63, 3.8) is 0 Å². The molecule has 0 atom stereocenters. The van der Waals surface area contributed by atoms with E-state index in [2.05, 4.69) is 42.9 Å². The maximum Gasteiger partial charge on any atom is 0.143 e. The van der Waals surface area contributed by atoms with Gasteiger partial charge in [0.15, 0.2) is 0 Å². The number of nitrogens with one attached hydrogen (secondary N) is 1. The predicted molar refractivity (Wildman–Crippen MR) is 66.3 cm³/mol. The lowest BCUT2D eigenvalue weighted by molar-refractivity contribution is 1.06. The number of hydrogen-bond acceptors (Lipinski definition) is 4. The molecule has 2 heterocycles. The summed E-state index contributed by atoms with van der Waals surface area (Å²) in [7, 11) is 0. The van der Waals surface area contributed by atoms with Crippen LogP contribution in [0, 0.1) is 3.57 Å². The van der Waals surface area contributed by atoms with Crippen LogP contribution >= 0.6 is 22.6 Å². The highest BCUT2D eigenvalue weighted by molar-refractivity contribution is 14.1. The average molecular weight is 312 g/mol. The molecule has 0 saturated heterocycles. The summed E-state index contributed by atoms with van der Waals surface area (Å²) in [6.07, 6.45) is 6.88. The Bertz CT molecular complexity index is 432. The highest BCUT2D eigenvalue weighted by Crippen LogP contribution is 2.13. The normalized spacial score (nSPS) is 9.93. The van der Waals surface area contributed by atoms with E-state index in [1.54, 1.807) is 18.6 Å². The van der Waals surface area contributed by atoms with Gasteiger partial charge in [0.25, 0.3) is 0 Å². The molecule has 2 aromatic rings. The molecule has 2 rings (SSSR count). The fourth-order valence-corrected chi connectivity index (χ4v) is 1.62. The molecule has 0 spiro atoms. The van der Waals surface area contributed by atoms with Gasteiger partial charge in [-0.05, 0) is 40.3 Å². The molecule has 0 fully saturated rings. The van der Waals surface area contributed by atoms with Gasteiger partial charge in [-0.2, -0.15) is 0 Å². The first-order valence-electron chi connectivity index (χ1n) is 4.44. The number of anilines is 1. The molecule has 0 aliphatic carbocycles. The van der Waals surface area contributed by atoms with E-state index in [1.165, 1.54) is 11.9 Å². The van der Waals surface area contributed by atoms with Crippen molar-refractivity contribution in [2.24, 2.45) is 0 Å². The lowest BCUT2D eigenvalue weighted by atomic mass is 10.3. The molecule has 0 aromatic carbocycles. The van der Waals surface area contributed by atoms with E-state index < -0.39 is 0 Å². The van der Waals surface area contributed by atoms with Crippen LogP contribution in [0.2, 0.25) is 0 Å². The van der Waals surface area contributed by atoms with Gasteiger partial charge in [0.1, 0.15) is 12.1 Å². The zero-order valence-corrected chi connectivity index (χ0v) is 10.0. The minimum absolute atomic E-state index is 0.746. The Labute approximate surface area is 101 Å². The minimum atomic E-state index is 0.746. The van der Waals surface area contributed by atoms with Crippen LogP contribution in [0.3, 0.4) is 0 Å². The summed E-state index contributed by atoms with van der Waals surface area (Å²) in [5.74, 6) is 0.863. The number of aromatic nitrogens is 3. The zero-order chi connectivity index (χ0) is 10.5. The van der Waals surface area contributed by atoms with Crippen LogP contribution in [0.1, 0.15) is 5.56 Å². The molecule has 0 aliphatic heterocycles. The Morgan fingerprint density at radius 1 is 1.20 bits per heavy atom. The van der Waals surface area contributed by atoms with Crippen molar-refractivity contribution in [2.75, 3.05) is 5.32 Å². The largest absolute Gasteiger partial charge is 0.365 e. The molecule has 4 nitrogen and oxygen atoms in total. The van der Waals surface area contributed by atoms with Crippen LogP contribution in [0.25, 0.3) is 0 Å². The van der Waals surface area contributed by atoms with E-state index in [9.17, 15) is 0 Å². The Balaban J connectivity index is 2.03. The van der Waals surface area contributed by atoms with Crippen molar-refractivity contribution >= 4 is 28.4 Å². The third-order valence-corrected chi connectivity index (χ3v) is 2.67. The summed E-state index contributed by atoms with van der Waals surface area (Å²) in [6.45, 7) is 0.746. The zero-order valence-electron chi connectivity index (χ0n) is 7.89. The molecule has 76 valence electrons. The third kappa shape index (κ3) is 2.85. The first-order valence-corrected chi connectivity index (χ1v) is 5.52. The molecule has 1 N–H and O–H groups in total. The number of rotatable bonds is 3. The second-order valence-corrected chi connectivity index (χ2v) is 4.09. The summed E-state index contributed by atoms with van der Waals surface area (Å²) >= 11 is 2.20. The fraction of sp³-hybridized carbons (Fsp3) is 0.100. The standard InChI is InChI=1S/C10H9IN4/c11-9-6-13-7-15-10(9)14-5-8-1-3-12-4-2-8/h1-4,6-7H,5H2,(H,13,14,15). The van der Waals surface area contributed by atoms with Crippen LogP contribution in [0.5, 0.6) is 0 Å². The smallest absolute Gasteiger partial charge is 0.143 e. The topological polar surface area (TPSA) is 50.7 Å². The maximum atomic E-state index is 4.15. The Kier molecular flexibility index (Phi) is 3.44. The van der Waals surface area contributed by atoms with E-state index >= 15 is 0 Å². The number of pyridine rings is 1. The van der Waals surface area contributed by atoms with Crippen molar-refractivity contribution in [1.29, 1.82) is 0 Å². The van der Waals surface area contributed by atoms with Gasteiger partial charge in [0, 0.05) is 25.1 Å². The van der Waals surface area contributed by atoms with Gasteiger partial charge in [0.2, 0.25) is 0 Å². The Morgan fingerprint density at radius 2 is 2.00 bits per heavy atom. The molecule has 0 bridgehead atoms. The van der Waals surface area contributed by atoms with E-state index in [0.29, 0.717) is 0 Å². The molecular weight excluding hydrogens is 303 g/mol. The maximum absolute atomic E-state index is 4.15. The van der Waals surface area contributed by atoms with Gasteiger partial charge in [-0.25, -0.2) is 9.97 Å². The van der Waals surface area contributed by atoms with Crippen LogP contribution in [-0.2, 0) is 6.54 Å². The second-order valence-electron chi connectivity index (χ2n) is 2.93. The number of nitrogens with zero attached hydrogens (tertiary/aromatic N) is 3. The van der Waals surface area contributed by atoms with Crippen molar-refractivity contribution in [1.82, 2.24) is 15.0 Å². The Morgan fingerprint density at radius 3 is 2.73 bits per heavy atom. The van der Waals surface area contributed by atoms with Gasteiger partial charge in [-0.3, -0.25) is 4.98 Å². The Hall–Kier alpha value is -1.24. The lowest BCUT2D eigenvalue weighted by Gasteiger charge is -2.06. The van der Waals surface area contributed by atoms with Crippen LogP contribution in [0.15, 0.2) is 37.1 Å². The van der Waals surface area contributed by atoms with Crippen molar-refractivity contribution < 1.29 is 0 Å². The molecule has 0 saturated carbocycles. The number of halogens is 1. The monoisotopic (exact) mass is 312 g/mol. The van der Waals surface area contributed by atoms with Crippen LogP contribution < -0.4 is 5.32 Å². The van der Waals surface area contributed by atoms with E-state index in [-0.39, 0.29) is 0 Å². The second kappa shape index (κ2) is 5.01. The predicted octanol–water partition coefficient (Wildman–Crippen LogP) is 2.09. The van der Waals surface area contributed by atoms with Gasteiger partial charge in [0.05, 0.1) is 3.57 Å². The molecule has 0 aliphatic rings. The van der Waals surface area contributed by atoms with Crippen molar-refractivity contribution in [3.8, 4) is 0 Å². The molecule has 5 heteroatoms. The van der Waals surface area contributed by atoms with E-state index in [1.807, 2.05) is 12.1 Å². The first-order chi connectivity index (χ1) is 7.36. The van der Waals surface area contributed by atoms with E-state index in [4.69, 9.17) is 0 Å². The number of hydrogen-bond donors (Lipinski definition) is 1. The summed E-state index contributed by atoms with van der Waals surface area (Å²) in [4.78, 5) is 12.0. The lowest BCUT2D eigenvalue weighted by Crippen LogP contribution is -2.03. The molecule has 15 heavy (non-hydrogen) atoms. The van der Waals surface area contributed by atoms with Gasteiger partial charge in [-0.15, -0.1) is 0 Å². The van der Waals surface area contributed by atoms with Crippen LogP contribution in [0.4, 0.5) is 5.82 Å². The molecule has 0 radical (unpaired) electrons. The highest BCUT2D eigenvalue weighted by atomic mass is 127. The molecule has 0 unspecified atom stereocenters. The van der Waals surface area contributed by atoms with Crippen molar-refractivity contribution in [2.45, 2.75) is 6.54 Å². The molecular formula is C10H9IN4. The van der Waals surface area contributed by atoms with Gasteiger partial charge >= 0.3 is 0 Å². The summed E-state index contributed by atoms with van der Waals surface area (Å²) in [6, 6.07) is 3.95. The molecule has 2 aromatic heterocycles. The minimum Gasteiger partial charge on any atom is -0.365 e. The van der Waals surface area contributed by atoms with Gasteiger partial charge < -0.3 is 5.32 Å². The summed E-state index contributed by atoms with van der Waals surface area (Å²) in [5, 5.41) is 3.24. The third-order valence-electron chi connectivity index (χ3n) is 1.88. The van der Waals surface area contributed by atoms with E-state index in [0.717, 1.165) is 15.9 Å². The molecule has 0 amide bonds. The summed E-state index contributed by atoms with van der Waals surface area (Å²) in [5.41, 5.74) is 1.18. The fourth-order valence-electron chi connectivity index (χ4n) is 1.13. The average Bonchev–Trinajstić information content (AvgIpc) is 2.29. The first kappa shape index (κ1) is 10.3. The summed E-state index contributed by atoms with van der Waals surface area (Å²) < 4.78 is 1.02. The SMILES string of the molecule is Ic1cncnc1NCc1ccncc1. The van der Waals surface area contributed by atoms with Crippen molar-refractivity contribution in [3.05, 3.63) is 46.2 Å².